The number of nitrogens with one attached hydrogen (secondary N) is 1. The van der Waals surface area contributed by atoms with Crippen molar-refractivity contribution < 1.29 is 22.8 Å². The van der Waals surface area contributed by atoms with Gasteiger partial charge in [-0.3, -0.25) is 14.3 Å². The quantitative estimate of drug-likeness (QED) is 0.819. The third-order valence-corrected chi connectivity index (χ3v) is 4.66. The van der Waals surface area contributed by atoms with Crippen molar-refractivity contribution in [2.45, 2.75) is 26.1 Å². The van der Waals surface area contributed by atoms with Gasteiger partial charge in [-0.1, -0.05) is 13.0 Å². The first-order chi connectivity index (χ1) is 13.2. The Hall–Kier alpha value is -2.84. The summed E-state index contributed by atoms with van der Waals surface area (Å²) >= 11 is 0. The van der Waals surface area contributed by atoms with Crippen LogP contribution in [-0.2, 0) is 22.3 Å². The van der Waals surface area contributed by atoms with Gasteiger partial charge in [-0.2, -0.15) is 18.3 Å². The fourth-order valence-corrected chi connectivity index (χ4v) is 3.19. The minimum atomic E-state index is -4.49. The van der Waals surface area contributed by atoms with Crippen LogP contribution in [0.3, 0.4) is 0 Å². The number of hydrogen-bond acceptors (Lipinski definition) is 3. The highest BCUT2D eigenvalue weighted by Crippen LogP contribution is 2.33. The van der Waals surface area contributed by atoms with Gasteiger partial charge in [-0.15, -0.1) is 0 Å². The highest BCUT2D eigenvalue weighted by molar-refractivity contribution is 6.00. The highest BCUT2D eigenvalue weighted by atomic mass is 19.4. The molecule has 1 aromatic heterocycles. The average molecular weight is 394 g/mol. The van der Waals surface area contributed by atoms with Crippen molar-refractivity contribution in [1.82, 2.24) is 15.1 Å². The Kier molecular flexibility index (Phi) is 5.71. The lowest BCUT2D eigenvalue weighted by atomic mass is 10.1. The molecular weight excluding hydrogens is 373 g/mol. The van der Waals surface area contributed by atoms with Crippen molar-refractivity contribution in [3.63, 3.8) is 0 Å². The SMILES string of the molecule is C[C@@H](CNC(=O)[C@H]1CC(=O)N(c2cccc(C(F)(F)F)c2)C1)Cn1cccn1. The van der Waals surface area contributed by atoms with Gasteiger partial charge < -0.3 is 10.2 Å². The molecule has 2 amide bonds. The zero-order chi connectivity index (χ0) is 20.3. The second-order valence-electron chi connectivity index (χ2n) is 7.03. The van der Waals surface area contributed by atoms with Crippen molar-refractivity contribution in [3.8, 4) is 0 Å². The molecule has 6 nitrogen and oxygen atoms in total. The minimum absolute atomic E-state index is 0.0182. The lowest BCUT2D eigenvalue weighted by Crippen LogP contribution is -2.36. The number of aromatic nitrogens is 2. The molecule has 1 aliphatic heterocycles. The van der Waals surface area contributed by atoms with Gasteiger partial charge in [0.2, 0.25) is 11.8 Å². The van der Waals surface area contributed by atoms with Crippen LogP contribution in [0, 0.1) is 11.8 Å². The van der Waals surface area contributed by atoms with Crippen LogP contribution in [0.5, 0.6) is 0 Å². The molecule has 0 radical (unpaired) electrons. The van der Waals surface area contributed by atoms with E-state index in [1.807, 2.05) is 19.2 Å². The molecule has 28 heavy (non-hydrogen) atoms. The summed E-state index contributed by atoms with van der Waals surface area (Å²) in [5.41, 5.74) is -0.666. The van der Waals surface area contributed by atoms with Crippen molar-refractivity contribution in [2.75, 3.05) is 18.0 Å². The standard InChI is InChI=1S/C19H21F3N4O2/c1-13(11-25-7-3-6-24-25)10-23-18(28)14-8-17(27)26(12-14)16-5-2-4-15(9-16)19(20,21)22/h2-7,9,13-14H,8,10-12H2,1H3,(H,23,28)/t13-,14-/m0/s1. The Morgan fingerprint density at radius 3 is 2.82 bits per heavy atom. The maximum absolute atomic E-state index is 12.9. The minimum Gasteiger partial charge on any atom is -0.355 e. The van der Waals surface area contributed by atoms with Crippen molar-refractivity contribution >= 4 is 17.5 Å². The second-order valence-corrected chi connectivity index (χ2v) is 7.03. The number of rotatable bonds is 6. The summed E-state index contributed by atoms with van der Waals surface area (Å²) in [5, 5.41) is 6.94. The highest BCUT2D eigenvalue weighted by Gasteiger charge is 2.36. The monoisotopic (exact) mass is 394 g/mol. The van der Waals surface area contributed by atoms with E-state index in [2.05, 4.69) is 10.4 Å². The summed E-state index contributed by atoms with van der Waals surface area (Å²) in [4.78, 5) is 25.9. The number of carbonyl (C=O) groups excluding carboxylic acids is 2. The Morgan fingerprint density at radius 2 is 2.14 bits per heavy atom. The molecule has 1 aromatic carbocycles. The van der Waals surface area contributed by atoms with Gasteiger partial charge in [0.15, 0.2) is 0 Å². The van der Waals surface area contributed by atoms with Gasteiger partial charge in [0, 0.05) is 44.1 Å². The van der Waals surface area contributed by atoms with Crippen molar-refractivity contribution in [1.29, 1.82) is 0 Å². The molecule has 0 unspecified atom stereocenters. The normalized spacial score (nSPS) is 18.4. The van der Waals surface area contributed by atoms with E-state index in [0.29, 0.717) is 13.1 Å². The summed E-state index contributed by atoms with van der Waals surface area (Å²) in [5.74, 6) is -1.07. The average Bonchev–Trinajstić information content (AvgIpc) is 3.28. The lowest BCUT2D eigenvalue weighted by Gasteiger charge is -2.19. The van der Waals surface area contributed by atoms with Crippen molar-refractivity contribution in [2.24, 2.45) is 11.8 Å². The van der Waals surface area contributed by atoms with E-state index in [-0.39, 0.29) is 36.4 Å². The molecule has 0 bridgehead atoms. The Balaban J connectivity index is 1.57. The molecule has 0 aliphatic carbocycles. The molecule has 2 heterocycles. The predicted molar refractivity (Wildman–Crippen MR) is 96.3 cm³/mol. The first-order valence-corrected chi connectivity index (χ1v) is 8.97. The van der Waals surface area contributed by atoms with E-state index < -0.39 is 17.7 Å². The maximum atomic E-state index is 12.9. The molecule has 1 N–H and O–H groups in total. The molecule has 1 aliphatic rings. The first-order valence-electron chi connectivity index (χ1n) is 8.97. The van der Waals surface area contributed by atoms with Crippen LogP contribution >= 0.6 is 0 Å². The third-order valence-electron chi connectivity index (χ3n) is 4.66. The van der Waals surface area contributed by atoms with E-state index in [4.69, 9.17) is 0 Å². The topological polar surface area (TPSA) is 67.2 Å². The summed E-state index contributed by atoms with van der Waals surface area (Å²) < 4.78 is 40.5. The lowest BCUT2D eigenvalue weighted by molar-refractivity contribution is -0.137. The Bertz CT molecular complexity index is 836. The Labute approximate surface area is 160 Å². The second kappa shape index (κ2) is 8.04. The molecule has 0 saturated carbocycles. The summed E-state index contributed by atoms with van der Waals surface area (Å²) in [6.45, 7) is 3.11. The summed E-state index contributed by atoms with van der Waals surface area (Å²) in [6, 6.07) is 6.41. The molecule has 2 atom stereocenters. The number of carbonyl (C=O) groups is 2. The van der Waals surface area contributed by atoms with Crippen LogP contribution in [0.2, 0.25) is 0 Å². The number of benzene rings is 1. The molecule has 0 spiro atoms. The fraction of sp³-hybridized carbons (Fsp3) is 0.421. The van der Waals surface area contributed by atoms with Crippen LogP contribution in [-0.4, -0.2) is 34.7 Å². The zero-order valence-electron chi connectivity index (χ0n) is 15.3. The molecule has 1 saturated heterocycles. The van der Waals surface area contributed by atoms with E-state index in [1.165, 1.54) is 17.0 Å². The number of anilines is 1. The van der Waals surface area contributed by atoms with E-state index in [1.54, 1.807) is 10.9 Å². The van der Waals surface area contributed by atoms with E-state index in [9.17, 15) is 22.8 Å². The van der Waals surface area contributed by atoms with Crippen LogP contribution < -0.4 is 10.2 Å². The molecule has 9 heteroatoms. The number of amides is 2. The van der Waals surface area contributed by atoms with E-state index in [0.717, 1.165) is 12.1 Å². The van der Waals surface area contributed by atoms with Crippen LogP contribution in [0.15, 0.2) is 42.7 Å². The van der Waals surface area contributed by atoms with Crippen LogP contribution in [0.25, 0.3) is 0 Å². The fourth-order valence-electron chi connectivity index (χ4n) is 3.19. The summed E-state index contributed by atoms with van der Waals surface area (Å²) in [7, 11) is 0. The largest absolute Gasteiger partial charge is 0.416 e. The van der Waals surface area contributed by atoms with Gasteiger partial charge in [0.1, 0.15) is 0 Å². The first kappa shape index (κ1) is 19.9. The molecule has 150 valence electrons. The molecule has 1 fully saturated rings. The number of halogens is 3. The predicted octanol–water partition coefficient (Wildman–Crippen LogP) is 2.71. The third kappa shape index (κ3) is 4.71. The van der Waals surface area contributed by atoms with Gasteiger partial charge in [-0.25, -0.2) is 0 Å². The maximum Gasteiger partial charge on any atom is 0.416 e. The van der Waals surface area contributed by atoms with Crippen LogP contribution in [0.4, 0.5) is 18.9 Å². The molecule has 2 aromatic rings. The number of nitrogens with zero attached hydrogens (tertiary/aromatic N) is 3. The zero-order valence-corrected chi connectivity index (χ0v) is 15.3. The van der Waals surface area contributed by atoms with Gasteiger partial charge in [-0.05, 0) is 30.2 Å². The van der Waals surface area contributed by atoms with Gasteiger partial charge >= 0.3 is 6.18 Å². The van der Waals surface area contributed by atoms with Gasteiger partial charge in [0.25, 0.3) is 0 Å². The smallest absolute Gasteiger partial charge is 0.355 e. The Morgan fingerprint density at radius 1 is 1.36 bits per heavy atom. The van der Waals surface area contributed by atoms with Crippen LogP contribution in [0.1, 0.15) is 18.9 Å². The number of hydrogen-bond donors (Lipinski definition) is 1. The summed E-state index contributed by atoms with van der Waals surface area (Å²) in [6.07, 6.45) is -0.991. The molecule has 3 rings (SSSR count). The number of alkyl halides is 3. The van der Waals surface area contributed by atoms with E-state index >= 15 is 0 Å². The van der Waals surface area contributed by atoms with Crippen molar-refractivity contribution in [3.05, 3.63) is 48.3 Å². The molecular formula is C19H21F3N4O2. The van der Waals surface area contributed by atoms with Gasteiger partial charge in [0.05, 0.1) is 11.5 Å².